The van der Waals surface area contributed by atoms with Crippen LogP contribution in [0.2, 0.25) is 10.0 Å². The predicted molar refractivity (Wildman–Crippen MR) is 121 cm³/mol. The highest BCUT2D eigenvalue weighted by molar-refractivity contribution is 6.42. The zero-order valence-electron chi connectivity index (χ0n) is 17.3. The Bertz CT molecular complexity index is 949. The van der Waals surface area contributed by atoms with Crippen molar-refractivity contribution in [2.45, 2.75) is 31.4 Å². The summed E-state index contributed by atoms with van der Waals surface area (Å²) < 4.78 is 11.5. The molecule has 2 heterocycles. The van der Waals surface area contributed by atoms with Crippen LogP contribution in [0.5, 0.6) is 11.5 Å². The lowest BCUT2D eigenvalue weighted by Crippen LogP contribution is -2.34. The predicted octanol–water partition coefficient (Wildman–Crippen LogP) is 4.22. The molecule has 2 fully saturated rings. The van der Waals surface area contributed by atoms with Gasteiger partial charge in [-0.3, -0.25) is 9.69 Å². The molecule has 2 aromatic carbocycles. The summed E-state index contributed by atoms with van der Waals surface area (Å²) in [5, 5.41) is 14.9. The lowest BCUT2D eigenvalue weighted by atomic mass is 9.97. The standard InChI is InChI=1S/C23H26Cl2N2O4/c1-30-20-7-5-16(10-21(20)31-13-14-3-2-8-26-12-14)27-22(28)11-17(23(27)29)15-4-6-18(24)19(25)9-15/h4-7,9-10,14,17,22,26,28H,2-3,8,11-13H2,1H3. The van der Waals surface area contributed by atoms with Crippen LogP contribution in [0.25, 0.3) is 0 Å². The lowest BCUT2D eigenvalue weighted by Gasteiger charge is -2.25. The van der Waals surface area contributed by atoms with Gasteiger partial charge in [-0.15, -0.1) is 0 Å². The molecule has 6 nitrogen and oxygen atoms in total. The van der Waals surface area contributed by atoms with E-state index in [1.807, 2.05) is 0 Å². The van der Waals surface area contributed by atoms with Gasteiger partial charge >= 0.3 is 0 Å². The van der Waals surface area contributed by atoms with Crippen LogP contribution < -0.4 is 19.7 Å². The molecular formula is C23H26Cl2N2O4. The van der Waals surface area contributed by atoms with Gasteiger partial charge in [0.1, 0.15) is 6.23 Å². The summed E-state index contributed by atoms with van der Waals surface area (Å²) in [6, 6.07) is 10.4. The van der Waals surface area contributed by atoms with E-state index >= 15 is 0 Å². The number of hydrogen-bond acceptors (Lipinski definition) is 5. The first kappa shape index (κ1) is 22.2. The van der Waals surface area contributed by atoms with Crippen LogP contribution in [-0.2, 0) is 4.79 Å². The third-order valence-corrected chi connectivity index (χ3v) is 6.66. The van der Waals surface area contributed by atoms with Crippen LogP contribution in [0.1, 0.15) is 30.7 Å². The van der Waals surface area contributed by atoms with Crippen molar-refractivity contribution in [2.75, 3.05) is 31.7 Å². The van der Waals surface area contributed by atoms with Crippen molar-refractivity contribution in [1.82, 2.24) is 5.32 Å². The van der Waals surface area contributed by atoms with Gasteiger partial charge in [0, 0.05) is 24.9 Å². The number of methoxy groups -OCH3 is 1. The van der Waals surface area contributed by atoms with Crippen LogP contribution in [0.4, 0.5) is 5.69 Å². The minimum atomic E-state index is -0.948. The van der Waals surface area contributed by atoms with Gasteiger partial charge in [0.2, 0.25) is 5.91 Å². The first-order chi connectivity index (χ1) is 15.0. The van der Waals surface area contributed by atoms with E-state index in [0.717, 1.165) is 31.5 Å². The Labute approximate surface area is 192 Å². The van der Waals surface area contributed by atoms with Crippen LogP contribution in [0, 0.1) is 5.92 Å². The number of aliphatic hydroxyl groups is 1. The molecule has 3 atom stereocenters. The number of aliphatic hydroxyl groups excluding tert-OH is 1. The number of halogens is 2. The fourth-order valence-electron chi connectivity index (χ4n) is 4.24. The van der Waals surface area contributed by atoms with Gasteiger partial charge in [-0.25, -0.2) is 0 Å². The Hall–Kier alpha value is -1.99. The number of nitrogens with zero attached hydrogens (tertiary/aromatic N) is 1. The number of benzene rings is 2. The zero-order valence-corrected chi connectivity index (χ0v) is 18.8. The molecule has 8 heteroatoms. The fraction of sp³-hybridized carbons (Fsp3) is 0.435. The number of carbonyl (C=O) groups excluding carboxylic acids is 1. The smallest absolute Gasteiger partial charge is 0.236 e. The molecule has 2 N–H and O–H groups in total. The summed E-state index contributed by atoms with van der Waals surface area (Å²) >= 11 is 12.1. The normalized spacial score (nSPS) is 23.8. The Kier molecular flexibility index (Phi) is 6.92. The molecule has 0 bridgehead atoms. The van der Waals surface area contributed by atoms with Gasteiger partial charge in [0.25, 0.3) is 0 Å². The van der Waals surface area contributed by atoms with Crippen molar-refractivity contribution < 1.29 is 19.4 Å². The van der Waals surface area contributed by atoms with Crippen LogP contribution in [0.3, 0.4) is 0 Å². The number of anilines is 1. The van der Waals surface area contributed by atoms with Crippen molar-refractivity contribution in [2.24, 2.45) is 5.92 Å². The van der Waals surface area contributed by atoms with E-state index in [1.54, 1.807) is 43.5 Å². The molecule has 31 heavy (non-hydrogen) atoms. The van der Waals surface area contributed by atoms with Crippen LogP contribution >= 0.6 is 23.2 Å². The van der Waals surface area contributed by atoms with Crippen molar-refractivity contribution in [3.8, 4) is 11.5 Å². The van der Waals surface area contributed by atoms with E-state index in [1.165, 1.54) is 4.90 Å². The quantitative estimate of drug-likeness (QED) is 0.669. The summed E-state index contributed by atoms with van der Waals surface area (Å²) in [6.45, 7) is 2.54. The highest BCUT2D eigenvalue weighted by Crippen LogP contribution is 2.40. The van der Waals surface area contributed by atoms with Gasteiger partial charge in [-0.1, -0.05) is 29.3 Å². The summed E-state index contributed by atoms with van der Waals surface area (Å²) in [7, 11) is 1.58. The van der Waals surface area contributed by atoms with E-state index in [4.69, 9.17) is 32.7 Å². The maximum Gasteiger partial charge on any atom is 0.236 e. The average Bonchev–Trinajstić information content (AvgIpc) is 3.08. The number of amides is 1. The minimum Gasteiger partial charge on any atom is -0.493 e. The number of rotatable bonds is 6. The molecule has 166 valence electrons. The van der Waals surface area contributed by atoms with E-state index in [0.29, 0.717) is 39.8 Å². The van der Waals surface area contributed by atoms with Crippen molar-refractivity contribution in [3.63, 3.8) is 0 Å². The zero-order chi connectivity index (χ0) is 22.0. The van der Waals surface area contributed by atoms with E-state index in [2.05, 4.69) is 5.32 Å². The molecule has 2 aliphatic rings. The molecule has 0 saturated carbocycles. The van der Waals surface area contributed by atoms with Gasteiger partial charge in [-0.2, -0.15) is 0 Å². The lowest BCUT2D eigenvalue weighted by molar-refractivity contribution is -0.118. The Balaban J connectivity index is 1.55. The topological polar surface area (TPSA) is 71.0 Å². The third kappa shape index (κ3) is 4.77. The molecule has 2 aromatic rings. The Morgan fingerprint density at radius 1 is 1.16 bits per heavy atom. The van der Waals surface area contributed by atoms with E-state index < -0.39 is 12.1 Å². The molecule has 1 amide bonds. The first-order valence-corrected chi connectivity index (χ1v) is 11.2. The number of hydrogen-bond donors (Lipinski definition) is 2. The van der Waals surface area contributed by atoms with E-state index in [-0.39, 0.29) is 12.3 Å². The third-order valence-electron chi connectivity index (χ3n) is 5.92. The highest BCUT2D eigenvalue weighted by Gasteiger charge is 2.40. The molecule has 2 saturated heterocycles. The van der Waals surface area contributed by atoms with Gasteiger partial charge in [0.15, 0.2) is 11.5 Å². The maximum atomic E-state index is 13.2. The minimum absolute atomic E-state index is 0.196. The fourth-order valence-corrected chi connectivity index (χ4v) is 4.55. The van der Waals surface area contributed by atoms with Crippen LogP contribution in [0.15, 0.2) is 36.4 Å². The van der Waals surface area contributed by atoms with Gasteiger partial charge in [-0.05, 0) is 49.2 Å². The number of carbonyl (C=O) groups is 1. The molecule has 0 radical (unpaired) electrons. The first-order valence-electron chi connectivity index (χ1n) is 10.5. The molecule has 3 unspecified atom stereocenters. The largest absolute Gasteiger partial charge is 0.493 e. The van der Waals surface area contributed by atoms with Gasteiger partial charge < -0.3 is 19.9 Å². The summed E-state index contributed by atoms with van der Waals surface area (Å²) in [6.07, 6.45) is 1.57. The average molecular weight is 465 g/mol. The second kappa shape index (κ2) is 9.65. The number of nitrogens with one attached hydrogen (secondary N) is 1. The summed E-state index contributed by atoms with van der Waals surface area (Å²) in [5.41, 5.74) is 1.30. The van der Waals surface area contributed by atoms with Crippen LogP contribution in [-0.4, -0.2) is 44.0 Å². The highest BCUT2D eigenvalue weighted by atomic mass is 35.5. The SMILES string of the molecule is COc1ccc(N2C(=O)C(c3ccc(Cl)c(Cl)c3)CC2O)cc1OCC1CCCNC1. The van der Waals surface area contributed by atoms with Crippen molar-refractivity contribution in [3.05, 3.63) is 52.0 Å². The van der Waals surface area contributed by atoms with Crippen molar-refractivity contribution >= 4 is 34.8 Å². The number of piperidine rings is 1. The summed E-state index contributed by atoms with van der Waals surface area (Å²) in [4.78, 5) is 14.6. The molecule has 0 aromatic heterocycles. The van der Waals surface area contributed by atoms with E-state index in [9.17, 15) is 9.90 Å². The molecule has 2 aliphatic heterocycles. The Morgan fingerprint density at radius 2 is 2.00 bits per heavy atom. The molecule has 0 aliphatic carbocycles. The Morgan fingerprint density at radius 3 is 2.71 bits per heavy atom. The number of ether oxygens (including phenoxy) is 2. The van der Waals surface area contributed by atoms with Gasteiger partial charge in [0.05, 0.1) is 35.4 Å². The molecule has 4 rings (SSSR count). The van der Waals surface area contributed by atoms with Crippen molar-refractivity contribution in [1.29, 1.82) is 0 Å². The monoisotopic (exact) mass is 464 g/mol. The molecule has 0 spiro atoms. The maximum absolute atomic E-state index is 13.2. The second-order valence-electron chi connectivity index (χ2n) is 8.01. The molecular weight excluding hydrogens is 439 g/mol. The summed E-state index contributed by atoms with van der Waals surface area (Å²) in [5.74, 6) is 0.890. The second-order valence-corrected chi connectivity index (χ2v) is 8.82.